The Kier molecular flexibility index (Phi) is 7.02. The van der Waals surface area contributed by atoms with E-state index in [0.29, 0.717) is 24.4 Å². The van der Waals surface area contributed by atoms with Gasteiger partial charge in [0.15, 0.2) is 6.61 Å². The first-order valence-corrected chi connectivity index (χ1v) is 9.20. The third-order valence-corrected chi connectivity index (χ3v) is 4.61. The van der Waals surface area contributed by atoms with Gasteiger partial charge in [-0.2, -0.15) is 0 Å². The van der Waals surface area contributed by atoms with Gasteiger partial charge in [-0.3, -0.25) is 14.4 Å². The molecule has 0 bridgehead atoms. The molecular formula is C17H21N3O5S. The van der Waals surface area contributed by atoms with Gasteiger partial charge in [0.25, 0.3) is 5.91 Å². The lowest BCUT2D eigenvalue weighted by molar-refractivity contribution is -0.130. The fourth-order valence-electron chi connectivity index (χ4n) is 2.24. The molecule has 0 aliphatic carbocycles. The van der Waals surface area contributed by atoms with Crippen LogP contribution in [0.2, 0.25) is 0 Å². The molecule has 1 heterocycles. The Morgan fingerprint density at radius 1 is 1.35 bits per heavy atom. The number of hydrogen-bond donors (Lipinski definition) is 3. The van der Waals surface area contributed by atoms with Crippen molar-refractivity contribution in [3.8, 4) is 0 Å². The Balaban J connectivity index is 1.91. The molecule has 0 fully saturated rings. The van der Waals surface area contributed by atoms with Crippen LogP contribution in [-0.4, -0.2) is 48.6 Å². The Morgan fingerprint density at radius 2 is 2.12 bits per heavy atom. The number of esters is 1. The van der Waals surface area contributed by atoms with E-state index < -0.39 is 24.5 Å². The van der Waals surface area contributed by atoms with Gasteiger partial charge >= 0.3 is 5.97 Å². The topological polar surface area (TPSA) is 114 Å². The Bertz CT molecular complexity index is 722. The fraction of sp³-hybridized carbons (Fsp3) is 0.412. The number of nitrogens with one attached hydrogen (secondary N) is 3. The quantitative estimate of drug-likeness (QED) is 0.634. The van der Waals surface area contributed by atoms with E-state index in [1.165, 1.54) is 24.8 Å². The summed E-state index contributed by atoms with van der Waals surface area (Å²) in [6, 6.07) is 4.13. The van der Waals surface area contributed by atoms with Crippen LogP contribution in [-0.2, 0) is 19.1 Å². The van der Waals surface area contributed by atoms with Gasteiger partial charge in [0.2, 0.25) is 11.8 Å². The zero-order valence-corrected chi connectivity index (χ0v) is 15.4. The lowest BCUT2D eigenvalue weighted by atomic mass is 10.2. The third kappa shape index (κ3) is 5.48. The second-order valence-corrected chi connectivity index (χ2v) is 6.75. The van der Waals surface area contributed by atoms with Crippen LogP contribution >= 0.6 is 11.8 Å². The largest absolute Gasteiger partial charge is 0.452 e. The average molecular weight is 379 g/mol. The van der Waals surface area contributed by atoms with Crippen molar-refractivity contribution in [2.24, 2.45) is 0 Å². The highest BCUT2D eigenvalue weighted by atomic mass is 32.2. The number of carbonyl (C=O) groups is 4. The van der Waals surface area contributed by atoms with E-state index in [9.17, 15) is 19.2 Å². The Labute approximate surface area is 155 Å². The van der Waals surface area contributed by atoms with Crippen molar-refractivity contribution in [2.75, 3.05) is 24.2 Å². The summed E-state index contributed by atoms with van der Waals surface area (Å²) in [7, 11) is 0. The maximum absolute atomic E-state index is 12.1. The monoisotopic (exact) mass is 379 g/mol. The number of hydrogen-bond acceptors (Lipinski definition) is 6. The molecule has 140 valence electrons. The van der Waals surface area contributed by atoms with E-state index in [2.05, 4.69) is 16.0 Å². The molecule has 8 nitrogen and oxygen atoms in total. The van der Waals surface area contributed by atoms with E-state index in [0.717, 1.165) is 4.90 Å². The van der Waals surface area contributed by atoms with Crippen molar-refractivity contribution in [2.45, 2.75) is 31.2 Å². The maximum Gasteiger partial charge on any atom is 0.338 e. The summed E-state index contributed by atoms with van der Waals surface area (Å²) in [6.07, 6.45) is 0.406. The summed E-state index contributed by atoms with van der Waals surface area (Å²) >= 11 is 1.53. The van der Waals surface area contributed by atoms with Gasteiger partial charge < -0.3 is 20.7 Å². The van der Waals surface area contributed by atoms with Crippen LogP contribution in [0.1, 0.15) is 30.6 Å². The molecule has 26 heavy (non-hydrogen) atoms. The minimum atomic E-state index is -0.721. The van der Waals surface area contributed by atoms with Gasteiger partial charge in [0.1, 0.15) is 6.04 Å². The van der Waals surface area contributed by atoms with E-state index >= 15 is 0 Å². The first-order chi connectivity index (χ1) is 12.4. The molecule has 9 heteroatoms. The molecule has 0 saturated heterocycles. The molecule has 1 atom stereocenters. The van der Waals surface area contributed by atoms with Crippen LogP contribution < -0.4 is 16.0 Å². The van der Waals surface area contributed by atoms with Gasteiger partial charge in [-0.1, -0.05) is 0 Å². The van der Waals surface area contributed by atoms with Crippen LogP contribution in [0.4, 0.5) is 5.69 Å². The molecule has 0 saturated carbocycles. The second kappa shape index (κ2) is 9.23. The minimum Gasteiger partial charge on any atom is -0.452 e. The normalized spacial score (nSPS) is 14.3. The molecule has 2 rings (SSSR count). The van der Waals surface area contributed by atoms with Gasteiger partial charge in [0.05, 0.1) is 11.3 Å². The summed E-state index contributed by atoms with van der Waals surface area (Å²) in [6.45, 7) is 3.27. The van der Waals surface area contributed by atoms with Crippen LogP contribution in [0.15, 0.2) is 23.1 Å². The number of amides is 3. The van der Waals surface area contributed by atoms with Crippen molar-refractivity contribution in [1.82, 2.24) is 10.6 Å². The number of anilines is 1. The van der Waals surface area contributed by atoms with Crippen molar-refractivity contribution >= 4 is 41.1 Å². The van der Waals surface area contributed by atoms with Crippen molar-refractivity contribution in [3.05, 3.63) is 23.8 Å². The lowest BCUT2D eigenvalue weighted by Gasteiger charge is -2.13. The van der Waals surface area contributed by atoms with Crippen molar-refractivity contribution in [1.29, 1.82) is 0 Å². The second-order valence-electron chi connectivity index (χ2n) is 5.62. The number of likely N-dealkylation sites (N-methyl/N-ethyl adjacent to an activating group) is 1. The molecular weight excluding hydrogens is 358 g/mol. The number of rotatable bonds is 6. The highest BCUT2D eigenvalue weighted by molar-refractivity contribution is 7.99. The first-order valence-electron chi connectivity index (χ1n) is 8.21. The highest BCUT2D eigenvalue weighted by Gasteiger charge is 2.18. The molecule has 0 spiro atoms. The predicted molar refractivity (Wildman–Crippen MR) is 97.0 cm³/mol. The number of thioether (sulfide) groups is 1. The van der Waals surface area contributed by atoms with Crippen LogP contribution in [0.3, 0.4) is 0 Å². The lowest BCUT2D eigenvalue weighted by Crippen LogP contribution is -2.46. The molecule has 0 unspecified atom stereocenters. The number of fused-ring (bicyclic) bond motifs is 1. The van der Waals surface area contributed by atoms with Crippen LogP contribution in [0.25, 0.3) is 0 Å². The van der Waals surface area contributed by atoms with Gasteiger partial charge in [-0.05, 0) is 32.0 Å². The molecule has 0 radical (unpaired) electrons. The molecule has 3 N–H and O–H groups in total. The summed E-state index contributed by atoms with van der Waals surface area (Å²) in [5, 5.41) is 7.77. The first kappa shape index (κ1) is 19.8. The molecule has 1 aromatic carbocycles. The average Bonchev–Trinajstić information content (AvgIpc) is 2.79. The zero-order chi connectivity index (χ0) is 19.1. The van der Waals surface area contributed by atoms with E-state index in [4.69, 9.17) is 4.74 Å². The molecule has 1 aromatic rings. The fourth-order valence-corrected chi connectivity index (χ4v) is 3.17. The summed E-state index contributed by atoms with van der Waals surface area (Å²) in [4.78, 5) is 48.0. The highest BCUT2D eigenvalue weighted by Crippen LogP contribution is 2.31. The Hall–Kier alpha value is -2.55. The number of benzene rings is 1. The molecule has 1 aliphatic heterocycles. The molecule has 0 aromatic heterocycles. The Morgan fingerprint density at radius 3 is 2.85 bits per heavy atom. The standard InChI is InChI=1S/C17H21N3O5S/c1-3-18-16(23)10(2)19-15(22)9-25-17(24)11-4-5-13-12(8-11)20-14(21)6-7-26-13/h4-5,8,10H,3,6-7,9H2,1-2H3,(H,18,23)(H,19,22)(H,20,21)/t10-/m1/s1. The summed E-state index contributed by atoms with van der Waals surface area (Å²) in [5.41, 5.74) is 0.789. The smallest absolute Gasteiger partial charge is 0.338 e. The zero-order valence-electron chi connectivity index (χ0n) is 14.6. The molecule has 1 aliphatic rings. The predicted octanol–water partition coefficient (Wildman–Crippen LogP) is 0.918. The van der Waals surface area contributed by atoms with E-state index in [1.807, 2.05) is 0 Å². The van der Waals surface area contributed by atoms with Gasteiger partial charge in [-0.25, -0.2) is 4.79 Å². The van der Waals surface area contributed by atoms with Crippen molar-refractivity contribution < 1.29 is 23.9 Å². The molecule has 3 amide bonds. The third-order valence-electron chi connectivity index (χ3n) is 3.53. The maximum atomic E-state index is 12.1. The van der Waals surface area contributed by atoms with Crippen molar-refractivity contribution in [3.63, 3.8) is 0 Å². The summed E-state index contributed by atoms with van der Waals surface area (Å²) < 4.78 is 4.98. The minimum absolute atomic E-state index is 0.111. The van der Waals surface area contributed by atoms with Crippen LogP contribution in [0, 0.1) is 0 Å². The van der Waals surface area contributed by atoms with Gasteiger partial charge in [0, 0.05) is 23.6 Å². The number of ether oxygens (including phenoxy) is 1. The SMILES string of the molecule is CCNC(=O)[C@@H](C)NC(=O)COC(=O)c1ccc2c(c1)NC(=O)CCS2. The van der Waals surface area contributed by atoms with Gasteiger partial charge in [-0.15, -0.1) is 11.8 Å². The number of carbonyl (C=O) groups excluding carboxylic acids is 4. The van der Waals surface area contributed by atoms with E-state index in [-0.39, 0.29) is 17.4 Å². The van der Waals surface area contributed by atoms with E-state index in [1.54, 1.807) is 19.1 Å². The van der Waals surface area contributed by atoms with Crippen LogP contribution in [0.5, 0.6) is 0 Å². The summed E-state index contributed by atoms with van der Waals surface area (Å²) in [5.74, 6) is -1.01.